The van der Waals surface area contributed by atoms with Crippen LogP contribution in [0.25, 0.3) is 6.08 Å². The standard InChI is InChI=1S/C26H25N3O7S/c1-6-36-25(31)22-15(3)27-26-28(23(22)17-8-7-14(2)19(11-17)29(32)33)24(30)21(37-26)12-16-9-10-18(34-4)13-20(16)35-5/h7-13,23H,6H2,1-5H3/b21-12+/t23-/m1/s1. The monoisotopic (exact) mass is 523 g/mol. The summed E-state index contributed by atoms with van der Waals surface area (Å²) in [6.07, 6.45) is 1.68. The number of nitro groups is 1. The number of nitro benzene ring substituents is 1. The largest absolute Gasteiger partial charge is 0.497 e. The third-order valence-corrected chi connectivity index (χ3v) is 6.97. The fourth-order valence-corrected chi connectivity index (χ4v) is 5.22. The van der Waals surface area contributed by atoms with Crippen LogP contribution in [-0.4, -0.2) is 36.3 Å². The van der Waals surface area contributed by atoms with Gasteiger partial charge in [0, 0.05) is 23.3 Å². The normalized spacial score (nSPS) is 15.2. The highest BCUT2D eigenvalue weighted by Crippen LogP contribution is 2.33. The van der Waals surface area contributed by atoms with Gasteiger partial charge in [-0.1, -0.05) is 23.5 Å². The fraction of sp³-hybridized carbons (Fsp3) is 0.269. The summed E-state index contributed by atoms with van der Waals surface area (Å²) in [5, 5.41) is 11.7. The van der Waals surface area contributed by atoms with Crippen LogP contribution in [0, 0.1) is 17.0 Å². The van der Waals surface area contributed by atoms with Gasteiger partial charge in [-0.15, -0.1) is 0 Å². The Kier molecular flexibility index (Phi) is 7.25. The molecular weight excluding hydrogens is 498 g/mol. The highest BCUT2D eigenvalue weighted by atomic mass is 32.1. The van der Waals surface area contributed by atoms with Crippen molar-refractivity contribution in [2.75, 3.05) is 20.8 Å². The second-order valence-corrected chi connectivity index (χ2v) is 9.22. The van der Waals surface area contributed by atoms with Gasteiger partial charge in [0.05, 0.1) is 47.6 Å². The summed E-state index contributed by atoms with van der Waals surface area (Å²) in [6, 6.07) is 8.95. The Morgan fingerprint density at radius 1 is 1.19 bits per heavy atom. The van der Waals surface area contributed by atoms with Crippen LogP contribution in [0.15, 0.2) is 57.5 Å². The van der Waals surface area contributed by atoms with Crippen LogP contribution in [0.3, 0.4) is 0 Å². The van der Waals surface area contributed by atoms with E-state index < -0.39 is 22.5 Å². The summed E-state index contributed by atoms with van der Waals surface area (Å²) in [4.78, 5) is 42.8. The molecule has 3 aromatic rings. The summed E-state index contributed by atoms with van der Waals surface area (Å²) < 4.78 is 17.7. The molecule has 37 heavy (non-hydrogen) atoms. The molecule has 0 saturated carbocycles. The van der Waals surface area contributed by atoms with Gasteiger partial charge in [-0.05, 0) is 44.5 Å². The van der Waals surface area contributed by atoms with Crippen molar-refractivity contribution in [3.05, 3.63) is 94.2 Å². The van der Waals surface area contributed by atoms with Gasteiger partial charge in [-0.3, -0.25) is 19.5 Å². The average molecular weight is 524 g/mol. The predicted octanol–water partition coefficient (Wildman–Crippen LogP) is 3.03. The Morgan fingerprint density at radius 2 is 1.95 bits per heavy atom. The van der Waals surface area contributed by atoms with Crippen LogP contribution < -0.4 is 24.4 Å². The maximum atomic E-state index is 13.8. The Morgan fingerprint density at radius 3 is 2.59 bits per heavy atom. The number of rotatable bonds is 7. The molecular formula is C26H25N3O7S. The number of benzene rings is 2. The van der Waals surface area contributed by atoms with E-state index >= 15 is 0 Å². The van der Waals surface area contributed by atoms with Gasteiger partial charge < -0.3 is 14.2 Å². The lowest BCUT2D eigenvalue weighted by atomic mass is 9.94. The summed E-state index contributed by atoms with van der Waals surface area (Å²) in [5.41, 5.74) is 1.54. The highest BCUT2D eigenvalue weighted by Gasteiger charge is 2.34. The van der Waals surface area contributed by atoms with E-state index in [0.717, 1.165) is 11.3 Å². The number of methoxy groups -OCH3 is 2. The zero-order valence-corrected chi connectivity index (χ0v) is 21.8. The van der Waals surface area contributed by atoms with Crippen LogP contribution in [0.4, 0.5) is 5.69 Å². The molecule has 1 aromatic heterocycles. The fourth-order valence-electron chi connectivity index (χ4n) is 4.18. The Balaban J connectivity index is 1.98. The molecule has 1 aliphatic rings. The van der Waals surface area contributed by atoms with Crippen molar-refractivity contribution in [3.63, 3.8) is 0 Å². The molecule has 1 atom stereocenters. The smallest absolute Gasteiger partial charge is 0.338 e. The van der Waals surface area contributed by atoms with Crippen molar-refractivity contribution in [2.45, 2.75) is 26.8 Å². The topological polar surface area (TPSA) is 122 Å². The highest BCUT2D eigenvalue weighted by molar-refractivity contribution is 7.07. The lowest BCUT2D eigenvalue weighted by Gasteiger charge is -2.24. The minimum absolute atomic E-state index is 0.111. The van der Waals surface area contributed by atoms with Gasteiger partial charge in [-0.25, -0.2) is 9.79 Å². The van der Waals surface area contributed by atoms with E-state index in [9.17, 15) is 19.7 Å². The second kappa shape index (κ2) is 10.4. The molecule has 0 spiro atoms. The SMILES string of the molecule is CCOC(=O)C1=C(C)N=c2s/c(=C/c3ccc(OC)cc3OC)c(=O)n2[C@@H]1c1ccc(C)c([N+](=O)[O-])c1. The zero-order chi connectivity index (χ0) is 26.9. The number of aryl methyl sites for hydroxylation is 1. The molecule has 2 aromatic carbocycles. The van der Waals surface area contributed by atoms with Gasteiger partial charge in [0.25, 0.3) is 11.2 Å². The van der Waals surface area contributed by atoms with Crippen molar-refractivity contribution in [1.82, 2.24) is 4.57 Å². The number of hydrogen-bond donors (Lipinski definition) is 0. The minimum atomic E-state index is -0.950. The van der Waals surface area contributed by atoms with Gasteiger partial charge in [0.15, 0.2) is 4.80 Å². The molecule has 11 heteroatoms. The summed E-state index contributed by atoms with van der Waals surface area (Å²) in [6.45, 7) is 5.09. The van der Waals surface area contributed by atoms with Gasteiger partial charge in [0.1, 0.15) is 11.5 Å². The van der Waals surface area contributed by atoms with Crippen LogP contribution in [-0.2, 0) is 9.53 Å². The first-order valence-electron chi connectivity index (χ1n) is 11.4. The molecule has 0 amide bonds. The maximum absolute atomic E-state index is 13.8. The number of ether oxygens (including phenoxy) is 3. The maximum Gasteiger partial charge on any atom is 0.338 e. The first-order chi connectivity index (χ1) is 17.7. The minimum Gasteiger partial charge on any atom is -0.497 e. The summed E-state index contributed by atoms with van der Waals surface area (Å²) in [5.74, 6) is 0.480. The average Bonchev–Trinajstić information content (AvgIpc) is 3.17. The van der Waals surface area contributed by atoms with Crippen LogP contribution >= 0.6 is 11.3 Å². The van der Waals surface area contributed by atoms with Gasteiger partial charge in [0.2, 0.25) is 0 Å². The summed E-state index contributed by atoms with van der Waals surface area (Å²) >= 11 is 1.15. The van der Waals surface area contributed by atoms with E-state index in [4.69, 9.17) is 14.2 Å². The molecule has 192 valence electrons. The molecule has 2 heterocycles. The molecule has 0 radical (unpaired) electrons. The van der Waals surface area contributed by atoms with Crippen molar-refractivity contribution >= 4 is 29.1 Å². The van der Waals surface area contributed by atoms with Crippen molar-refractivity contribution < 1.29 is 23.9 Å². The van der Waals surface area contributed by atoms with Crippen molar-refractivity contribution in [1.29, 1.82) is 0 Å². The van der Waals surface area contributed by atoms with Crippen LogP contribution in [0.1, 0.15) is 36.6 Å². The van der Waals surface area contributed by atoms with Crippen molar-refractivity contribution in [3.8, 4) is 11.5 Å². The number of hydrogen-bond acceptors (Lipinski definition) is 9. The lowest BCUT2D eigenvalue weighted by Crippen LogP contribution is -2.40. The first kappa shape index (κ1) is 25.8. The van der Waals surface area contributed by atoms with Gasteiger partial charge in [-0.2, -0.15) is 0 Å². The number of carbonyl (C=O) groups excluding carboxylic acids is 1. The number of carbonyl (C=O) groups is 1. The molecule has 10 nitrogen and oxygen atoms in total. The molecule has 0 unspecified atom stereocenters. The predicted molar refractivity (Wildman–Crippen MR) is 138 cm³/mol. The molecule has 0 aliphatic carbocycles. The second-order valence-electron chi connectivity index (χ2n) is 8.21. The van der Waals surface area contributed by atoms with Crippen molar-refractivity contribution in [2.24, 2.45) is 4.99 Å². The lowest BCUT2D eigenvalue weighted by molar-refractivity contribution is -0.385. The molecule has 0 N–H and O–H groups in total. The number of fused-ring (bicyclic) bond motifs is 1. The Hall–Kier alpha value is -4.25. The quantitative estimate of drug-likeness (QED) is 0.265. The Labute approximate surface area is 215 Å². The van der Waals surface area contributed by atoms with Crippen LogP contribution in [0.5, 0.6) is 11.5 Å². The van der Waals surface area contributed by atoms with E-state index in [1.165, 1.54) is 17.7 Å². The molecule has 0 saturated heterocycles. The number of aromatic nitrogens is 1. The number of allylic oxidation sites excluding steroid dienone is 1. The molecule has 0 fully saturated rings. The van der Waals surface area contributed by atoms with E-state index in [1.54, 1.807) is 64.3 Å². The third-order valence-electron chi connectivity index (χ3n) is 5.99. The van der Waals surface area contributed by atoms with Crippen LogP contribution in [0.2, 0.25) is 0 Å². The van der Waals surface area contributed by atoms with E-state index in [2.05, 4.69) is 4.99 Å². The molecule has 0 bridgehead atoms. The zero-order valence-electron chi connectivity index (χ0n) is 20.9. The van der Waals surface area contributed by atoms with E-state index in [1.807, 2.05) is 0 Å². The van der Waals surface area contributed by atoms with E-state index in [-0.39, 0.29) is 17.9 Å². The number of thiazole rings is 1. The first-order valence-corrected chi connectivity index (χ1v) is 12.2. The molecule has 1 aliphatic heterocycles. The number of esters is 1. The summed E-state index contributed by atoms with van der Waals surface area (Å²) in [7, 11) is 3.07. The Bertz CT molecular complexity index is 1620. The van der Waals surface area contributed by atoms with E-state index in [0.29, 0.717) is 43.2 Å². The number of nitrogens with zero attached hydrogens (tertiary/aromatic N) is 3. The van der Waals surface area contributed by atoms with Gasteiger partial charge >= 0.3 is 5.97 Å². The molecule has 4 rings (SSSR count). The third kappa shape index (κ3) is 4.77.